The molecule has 3 aromatic rings. The van der Waals surface area contributed by atoms with Crippen molar-refractivity contribution < 1.29 is 14.3 Å². The van der Waals surface area contributed by atoms with Gasteiger partial charge >= 0.3 is 0 Å². The number of carbonyl (C=O) groups excluding carboxylic acids is 2. The Kier molecular flexibility index (Phi) is 8.03. The molecule has 1 atom stereocenters. The average molecular weight is 489 g/mol. The topological polar surface area (TPSA) is 49.9 Å². The fraction of sp³-hybridized carbons (Fsp3) is 0.310. The van der Waals surface area contributed by atoms with Crippen LogP contribution in [0.1, 0.15) is 52.2 Å². The zero-order valence-corrected chi connectivity index (χ0v) is 21.2. The van der Waals surface area contributed by atoms with Crippen molar-refractivity contribution >= 4 is 23.2 Å². The highest BCUT2D eigenvalue weighted by Crippen LogP contribution is 2.34. The largest absolute Gasteiger partial charge is 0.491 e. The molecule has 5 nitrogen and oxygen atoms in total. The van der Waals surface area contributed by atoms with Gasteiger partial charge in [0.25, 0.3) is 5.91 Å². The number of fused-ring (bicyclic) bond motifs is 1. The van der Waals surface area contributed by atoms with Crippen molar-refractivity contribution in [3.63, 3.8) is 0 Å². The molecule has 0 radical (unpaired) electrons. The molecule has 6 heteroatoms. The van der Waals surface area contributed by atoms with Crippen LogP contribution >= 0.6 is 11.3 Å². The molecule has 2 amide bonds. The van der Waals surface area contributed by atoms with E-state index in [0.717, 1.165) is 17.7 Å². The maximum atomic E-state index is 13.5. The molecule has 182 valence electrons. The van der Waals surface area contributed by atoms with Gasteiger partial charge in [0.15, 0.2) is 0 Å². The van der Waals surface area contributed by atoms with Crippen LogP contribution in [0.5, 0.6) is 5.75 Å². The van der Waals surface area contributed by atoms with Gasteiger partial charge in [-0.3, -0.25) is 9.59 Å². The van der Waals surface area contributed by atoms with Gasteiger partial charge in [0.2, 0.25) is 5.91 Å². The molecule has 0 saturated heterocycles. The molecule has 0 spiro atoms. The van der Waals surface area contributed by atoms with Gasteiger partial charge in [-0.05, 0) is 59.2 Å². The monoisotopic (exact) mass is 488 g/mol. The van der Waals surface area contributed by atoms with Crippen molar-refractivity contribution in [2.24, 2.45) is 0 Å². The van der Waals surface area contributed by atoms with Crippen LogP contribution in [0.25, 0.3) is 0 Å². The van der Waals surface area contributed by atoms with Crippen molar-refractivity contribution in [2.75, 3.05) is 26.2 Å². The second-order valence-electron chi connectivity index (χ2n) is 9.03. The lowest BCUT2D eigenvalue weighted by Gasteiger charge is -2.37. The molecular formula is C29H32N2O3S. The van der Waals surface area contributed by atoms with Gasteiger partial charge < -0.3 is 14.5 Å². The lowest BCUT2D eigenvalue weighted by Crippen LogP contribution is -2.47. The van der Waals surface area contributed by atoms with E-state index in [2.05, 4.69) is 44.0 Å². The van der Waals surface area contributed by atoms with Crippen molar-refractivity contribution in [3.05, 3.63) is 100 Å². The Hall–Kier alpha value is -3.38. The van der Waals surface area contributed by atoms with Crippen molar-refractivity contribution in [1.29, 1.82) is 0 Å². The van der Waals surface area contributed by atoms with Crippen LogP contribution in [-0.4, -0.2) is 47.9 Å². The summed E-state index contributed by atoms with van der Waals surface area (Å²) in [6, 6.07) is 19.1. The molecule has 0 unspecified atom stereocenters. The highest BCUT2D eigenvalue weighted by molar-refractivity contribution is 7.10. The van der Waals surface area contributed by atoms with E-state index in [0.29, 0.717) is 31.2 Å². The highest BCUT2D eigenvalue weighted by Gasteiger charge is 2.33. The minimum Gasteiger partial charge on any atom is -0.491 e. The molecule has 0 bridgehead atoms. The van der Waals surface area contributed by atoms with E-state index < -0.39 is 0 Å². The molecule has 2 aromatic carbocycles. The lowest BCUT2D eigenvalue weighted by atomic mass is 10.00. The number of nitrogens with zero attached hydrogens (tertiary/aromatic N) is 2. The zero-order chi connectivity index (χ0) is 24.8. The van der Waals surface area contributed by atoms with Gasteiger partial charge in [0.1, 0.15) is 18.9 Å². The molecule has 35 heavy (non-hydrogen) atoms. The minimum absolute atomic E-state index is 0.00119. The first-order valence-corrected chi connectivity index (χ1v) is 12.9. The van der Waals surface area contributed by atoms with Gasteiger partial charge in [0.05, 0.1) is 6.04 Å². The Morgan fingerprint density at radius 2 is 1.89 bits per heavy atom. The molecule has 2 heterocycles. The number of amides is 2. The Morgan fingerprint density at radius 3 is 2.57 bits per heavy atom. The SMILES string of the molecule is C=CCN(CC(=O)N1CCc2sccc2[C@H]1COc1ccc(C(C)C)cc1)C(=O)c1ccccc1. The number of ether oxygens (including phenoxy) is 1. The van der Waals surface area contributed by atoms with E-state index >= 15 is 0 Å². The van der Waals surface area contributed by atoms with Crippen LogP contribution < -0.4 is 4.74 Å². The maximum Gasteiger partial charge on any atom is 0.254 e. The minimum atomic E-state index is -0.195. The van der Waals surface area contributed by atoms with Crippen molar-refractivity contribution in [2.45, 2.75) is 32.2 Å². The van der Waals surface area contributed by atoms with E-state index in [-0.39, 0.29) is 24.4 Å². The van der Waals surface area contributed by atoms with E-state index in [4.69, 9.17) is 4.74 Å². The molecule has 0 fully saturated rings. The first kappa shape index (κ1) is 24.7. The smallest absolute Gasteiger partial charge is 0.254 e. The van der Waals surface area contributed by atoms with Crippen LogP contribution in [0.4, 0.5) is 0 Å². The van der Waals surface area contributed by atoms with E-state index in [1.165, 1.54) is 10.4 Å². The van der Waals surface area contributed by atoms with Crippen LogP contribution in [0, 0.1) is 0 Å². The van der Waals surface area contributed by atoms with E-state index in [9.17, 15) is 9.59 Å². The predicted molar refractivity (Wildman–Crippen MR) is 141 cm³/mol. The number of rotatable bonds is 9. The van der Waals surface area contributed by atoms with Gasteiger partial charge in [0, 0.05) is 23.5 Å². The van der Waals surface area contributed by atoms with Crippen LogP contribution in [0.3, 0.4) is 0 Å². The summed E-state index contributed by atoms with van der Waals surface area (Å²) in [6.07, 6.45) is 2.47. The molecule has 0 aliphatic carbocycles. The normalized spacial score (nSPS) is 14.9. The number of carbonyl (C=O) groups is 2. The Labute approximate surface area is 211 Å². The molecule has 0 saturated carbocycles. The standard InChI is InChI=1S/C29H32N2O3S/c1-4-16-30(29(33)23-8-6-5-7-9-23)19-28(32)31-17-14-27-25(15-18-35-27)26(31)20-34-24-12-10-22(11-13-24)21(2)3/h4-13,15,18,21,26H,1,14,16-17,19-20H2,2-3H3/t26-/m1/s1. The predicted octanol–water partition coefficient (Wildman–Crippen LogP) is 5.70. The number of hydrogen-bond donors (Lipinski definition) is 0. The van der Waals surface area contributed by atoms with Gasteiger partial charge in [-0.15, -0.1) is 17.9 Å². The molecule has 1 aromatic heterocycles. The summed E-state index contributed by atoms with van der Waals surface area (Å²) in [5.74, 6) is 0.986. The summed E-state index contributed by atoms with van der Waals surface area (Å²) in [5.41, 5.74) is 2.96. The molecular weight excluding hydrogens is 456 g/mol. The Morgan fingerprint density at radius 1 is 1.14 bits per heavy atom. The van der Waals surface area contributed by atoms with Gasteiger partial charge in [-0.1, -0.05) is 50.3 Å². The number of benzene rings is 2. The first-order valence-electron chi connectivity index (χ1n) is 12.0. The van der Waals surface area contributed by atoms with Crippen LogP contribution in [0.15, 0.2) is 78.7 Å². The number of hydrogen-bond acceptors (Lipinski definition) is 4. The van der Waals surface area contributed by atoms with Crippen LogP contribution in [0.2, 0.25) is 0 Å². The van der Waals surface area contributed by atoms with E-state index in [1.807, 2.05) is 35.2 Å². The van der Waals surface area contributed by atoms with Crippen molar-refractivity contribution in [3.8, 4) is 5.75 Å². The highest BCUT2D eigenvalue weighted by atomic mass is 32.1. The third kappa shape index (κ3) is 5.82. The summed E-state index contributed by atoms with van der Waals surface area (Å²) in [4.78, 5) is 31.3. The molecule has 0 N–H and O–H groups in total. The molecule has 1 aliphatic heterocycles. The quantitative estimate of drug-likeness (QED) is 0.363. The third-order valence-corrected chi connectivity index (χ3v) is 7.35. The fourth-order valence-electron chi connectivity index (χ4n) is 4.39. The molecule has 1 aliphatic rings. The van der Waals surface area contributed by atoms with Crippen molar-refractivity contribution in [1.82, 2.24) is 9.80 Å². The first-order chi connectivity index (χ1) is 17.0. The third-order valence-electron chi connectivity index (χ3n) is 6.35. The summed E-state index contributed by atoms with van der Waals surface area (Å²) >= 11 is 1.72. The fourth-order valence-corrected chi connectivity index (χ4v) is 5.32. The molecule has 4 rings (SSSR count). The Bertz CT molecular complexity index is 1150. The van der Waals surface area contributed by atoms with E-state index in [1.54, 1.807) is 34.4 Å². The second-order valence-corrected chi connectivity index (χ2v) is 10.0. The maximum absolute atomic E-state index is 13.5. The summed E-state index contributed by atoms with van der Waals surface area (Å²) in [7, 11) is 0. The van der Waals surface area contributed by atoms with Gasteiger partial charge in [-0.2, -0.15) is 0 Å². The van der Waals surface area contributed by atoms with Crippen LogP contribution in [-0.2, 0) is 11.2 Å². The lowest BCUT2D eigenvalue weighted by molar-refractivity contribution is -0.135. The summed E-state index contributed by atoms with van der Waals surface area (Å²) < 4.78 is 6.17. The number of thiophene rings is 1. The second kappa shape index (κ2) is 11.4. The summed E-state index contributed by atoms with van der Waals surface area (Å²) in [6.45, 7) is 9.38. The Balaban J connectivity index is 1.50. The average Bonchev–Trinajstić information content (AvgIpc) is 3.36. The van der Waals surface area contributed by atoms with Gasteiger partial charge in [-0.25, -0.2) is 0 Å². The zero-order valence-electron chi connectivity index (χ0n) is 20.4. The summed E-state index contributed by atoms with van der Waals surface area (Å²) in [5, 5.41) is 2.08.